The number of carbonyl (C=O) groups excluding carboxylic acids is 1. The number of hydrogen-bond acceptors (Lipinski definition) is 7. The van der Waals surface area contributed by atoms with E-state index >= 15 is 0 Å². The molecule has 0 spiro atoms. The molecular formula is C17H18N4OS2. The summed E-state index contributed by atoms with van der Waals surface area (Å²) in [6, 6.07) is 7.98. The van der Waals surface area contributed by atoms with Crippen LogP contribution in [-0.2, 0) is 11.2 Å². The SMILES string of the molecule is CCc1nnc([C@@H]2C(=N)S/C(=C\c3ccc(N(C)C)cc3)C2=O)s1. The number of rotatable bonds is 4. The summed E-state index contributed by atoms with van der Waals surface area (Å²) in [7, 11) is 3.98. The Kier molecular flexibility index (Phi) is 4.82. The molecule has 1 aliphatic rings. The van der Waals surface area contributed by atoms with Crippen LogP contribution in [0.4, 0.5) is 5.69 Å². The predicted octanol–water partition coefficient (Wildman–Crippen LogP) is 3.58. The van der Waals surface area contributed by atoms with Crippen molar-refractivity contribution in [3.8, 4) is 0 Å². The summed E-state index contributed by atoms with van der Waals surface area (Å²) in [5.41, 5.74) is 2.06. The molecule has 3 rings (SSSR count). The van der Waals surface area contributed by atoms with Crippen molar-refractivity contribution in [2.45, 2.75) is 19.3 Å². The average molecular weight is 358 g/mol. The number of carbonyl (C=O) groups is 1. The van der Waals surface area contributed by atoms with Gasteiger partial charge in [0.15, 0.2) is 5.78 Å². The second kappa shape index (κ2) is 6.86. The fraction of sp³-hybridized carbons (Fsp3) is 0.294. The topological polar surface area (TPSA) is 69.9 Å². The number of anilines is 1. The van der Waals surface area contributed by atoms with E-state index in [0.717, 1.165) is 22.7 Å². The molecule has 0 unspecified atom stereocenters. The van der Waals surface area contributed by atoms with Crippen molar-refractivity contribution in [1.29, 1.82) is 5.41 Å². The van der Waals surface area contributed by atoms with Crippen molar-refractivity contribution in [2.75, 3.05) is 19.0 Å². The molecule has 1 atom stereocenters. The molecule has 0 amide bonds. The Morgan fingerprint density at radius 1 is 1.25 bits per heavy atom. The van der Waals surface area contributed by atoms with E-state index in [1.165, 1.54) is 23.1 Å². The third-order valence-corrected chi connectivity index (χ3v) is 5.85. The molecular weight excluding hydrogens is 340 g/mol. The van der Waals surface area contributed by atoms with Crippen LogP contribution in [0.25, 0.3) is 6.08 Å². The van der Waals surface area contributed by atoms with E-state index in [-0.39, 0.29) is 5.78 Å². The van der Waals surface area contributed by atoms with Crippen LogP contribution >= 0.6 is 23.1 Å². The molecule has 1 fully saturated rings. The summed E-state index contributed by atoms with van der Waals surface area (Å²) in [6.45, 7) is 2.00. The zero-order valence-electron chi connectivity index (χ0n) is 13.7. The fourth-order valence-electron chi connectivity index (χ4n) is 2.36. The quantitative estimate of drug-likeness (QED) is 0.846. The number of benzene rings is 1. The summed E-state index contributed by atoms with van der Waals surface area (Å²) in [5, 5.41) is 18.2. The second-order valence-corrected chi connectivity index (χ2v) is 7.82. The van der Waals surface area contributed by atoms with Gasteiger partial charge in [-0.05, 0) is 30.2 Å². The number of Topliss-reactive ketones (excluding diaryl/α,β-unsaturated/α-hetero) is 1. The Balaban J connectivity index is 1.85. The van der Waals surface area contributed by atoms with Crippen molar-refractivity contribution < 1.29 is 4.79 Å². The summed E-state index contributed by atoms with van der Waals surface area (Å²) in [4.78, 5) is 15.3. The lowest BCUT2D eigenvalue weighted by atomic mass is 10.1. The number of nitrogens with zero attached hydrogens (tertiary/aromatic N) is 3. The van der Waals surface area contributed by atoms with E-state index in [1.807, 2.05) is 56.3 Å². The average Bonchev–Trinajstić information content (AvgIpc) is 3.13. The number of ketones is 1. The molecule has 1 aromatic heterocycles. The third-order valence-electron chi connectivity index (χ3n) is 3.73. The lowest BCUT2D eigenvalue weighted by molar-refractivity contribution is -0.114. The van der Waals surface area contributed by atoms with Crippen LogP contribution in [0, 0.1) is 5.41 Å². The number of nitrogens with one attached hydrogen (secondary N) is 1. The van der Waals surface area contributed by atoms with Crippen LogP contribution in [0.15, 0.2) is 29.2 Å². The van der Waals surface area contributed by atoms with Gasteiger partial charge >= 0.3 is 0 Å². The number of allylic oxidation sites excluding steroid dienone is 1. The fourth-order valence-corrected chi connectivity index (χ4v) is 4.31. The van der Waals surface area contributed by atoms with Gasteiger partial charge in [-0.15, -0.1) is 21.5 Å². The van der Waals surface area contributed by atoms with Crippen LogP contribution in [-0.4, -0.2) is 35.1 Å². The smallest absolute Gasteiger partial charge is 0.186 e. The lowest BCUT2D eigenvalue weighted by Gasteiger charge is -2.11. The Bertz CT molecular complexity index is 808. The van der Waals surface area contributed by atoms with Gasteiger partial charge in [-0.1, -0.05) is 30.8 Å². The Morgan fingerprint density at radius 3 is 2.54 bits per heavy atom. The highest BCUT2D eigenvalue weighted by Crippen LogP contribution is 2.41. The Morgan fingerprint density at radius 2 is 1.96 bits per heavy atom. The van der Waals surface area contributed by atoms with Gasteiger partial charge in [0.1, 0.15) is 15.9 Å². The van der Waals surface area contributed by atoms with E-state index in [4.69, 9.17) is 5.41 Å². The summed E-state index contributed by atoms with van der Waals surface area (Å²) in [5.74, 6) is -0.638. The molecule has 0 bridgehead atoms. The first kappa shape index (κ1) is 16.9. The molecule has 2 heterocycles. The highest BCUT2D eigenvalue weighted by atomic mass is 32.2. The first-order chi connectivity index (χ1) is 11.5. The minimum atomic E-state index is -0.583. The molecule has 124 valence electrons. The molecule has 1 N–H and O–H groups in total. The highest BCUT2D eigenvalue weighted by Gasteiger charge is 2.39. The summed E-state index contributed by atoms with van der Waals surface area (Å²) >= 11 is 2.64. The monoisotopic (exact) mass is 358 g/mol. The van der Waals surface area contributed by atoms with E-state index in [1.54, 1.807) is 0 Å². The van der Waals surface area contributed by atoms with Crippen molar-refractivity contribution in [2.24, 2.45) is 0 Å². The van der Waals surface area contributed by atoms with Crippen LogP contribution in [0.1, 0.15) is 28.4 Å². The number of aromatic nitrogens is 2. The van der Waals surface area contributed by atoms with Crippen molar-refractivity contribution in [3.05, 3.63) is 44.7 Å². The molecule has 0 saturated carbocycles. The standard InChI is InChI=1S/C17H18N4OS2/c1-4-13-19-20-17(24-13)14-15(22)12(23-16(14)18)9-10-5-7-11(8-6-10)21(2)3/h5-9,14,18H,4H2,1-3H3/b12-9-,18-16?/t14-/m0/s1. The van der Waals surface area contributed by atoms with Crippen LogP contribution in [0.3, 0.4) is 0 Å². The predicted molar refractivity (Wildman–Crippen MR) is 101 cm³/mol. The second-order valence-electron chi connectivity index (χ2n) is 5.65. The molecule has 5 nitrogen and oxygen atoms in total. The molecule has 7 heteroatoms. The van der Waals surface area contributed by atoms with Crippen LogP contribution < -0.4 is 4.90 Å². The van der Waals surface area contributed by atoms with Gasteiger partial charge in [0.05, 0.1) is 9.95 Å². The van der Waals surface area contributed by atoms with Gasteiger partial charge in [-0.2, -0.15) is 0 Å². The van der Waals surface area contributed by atoms with Crippen LogP contribution in [0.2, 0.25) is 0 Å². The third kappa shape index (κ3) is 3.27. The number of hydrogen-bond donors (Lipinski definition) is 1. The van der Waals surface area contributed by atoms with E-state index in [0.29, 0.717) is 15.0 Å². The largest absolute Gasteiger partial charge is 0.378 e. The van der Waals surface area contributed by atoms with E-state index in [9.17, 15) is 4.79 Å². The maximum Gasteiger partial charge on any atom is 0.186 e. The molecule has 2 aromatic rings. The molecule has 24 heavy (non-hydrogen) atoms. The van der Waals surface area contributed by atoms with Gasteiger partial charge in [-0.3, -0.25) is 10.2 Å². The Hall–Kier alpha value is -1.99. The van der Waals surface area contributed by atoms with Crippen molar-refractivity contribution in [1.82, 2.24) is 10.2 Å². The Labute approximate surface area is 149 Å². The minimum Gasteiger partial charge on any atom is -0.378 e. The van der Waals surface area contributed by atoms with Gasteiger partial charge in [0.2, 0.25) is 0 Å². The lowest BCUT2D eigenvalue weighted by Crippen LogP contribution is -2.11. The van der Waals surface area contributed by atoms with Crippen molar-refractivity contribution in [3.63, 3.8) is 0 Å². The number of thioether (sulfide) groups is 1. The highest BCUT2D eigenvalue weighted by molar-refractivity contribution is 8.19. The normalized spacial score (nSPS) is 19.3. The van der Waals surface area contributed by atoms with E-state index in [2.05, 4.69) is 10.2 Å². The summed E-state index contributed by atoms with van der Waals surface area (Å²) < 4.78 is 0. The molecule has 1 aliphatic heterocycles. The zero-order chi connectivity index (χ0) is 17.3. The van der Waals surface area contributed by atoms with Crippen LogP contribution in [0.5, 0.6) is 0 Å². The van der Waals surface area contributed by atoms with Crippen molar-refractivity contribution >= 4 is 45.7 Å². The zero-order valence-corrected chi connectivity index (χ0v) is 15.4. The number of aryl methyl sites for hydroxylation is 1. The van der Waals surface area contributed by atoms with E-state index < -0.39 is 5.92 Å². The summed E-state index contributed by atoms with van der Waals surface area (Å²) in [6.07, 6.45) is 2.64. The molecule has 0 aliphatic carbocycles. The van der Waals surface area contributed by atoms with Gasteiger partial charge in [0.25, 0.3) is 0 Å². The molecule has 1 aromatic carbocycles. The molecule has 1 saturated heterocycles. The first-order valence-electron chi connectivity index (χ1n) is 7.61. The van der Waals surface area contributed by atoms with Gasteiger partial charge < -0.3 is 4.90 Å². The van der Waals surface area contributed by atoms with Gasteiger partial charge in [0, 0.05) is 19.8 Å². The maximum absolute atomic E-state index is 12.7. The minimum absolute atomic E-state index is 0.0551. The first-order valence-corrected chi connectivity index (χ1v) is 9.24. The maximum atomic E-state index is 12.7. The molecule has 0 radical (unpaired) electrons. The van der Waals surface area contributed by atoms with Gasteiger partial charge in [-0.25, -0.2) is 0 Å².